The smallest absolute Gasteiger partial charge is 0.343 e. The molecular formula is C21H20N4O5. The first kappa shape index (κ1) is 19.6. The van der Waals surface area contributed by atoms with Gasteiger partial charge >= 0.3 is 5.97 Å². The standard InChI is InChI=1S/C21H20N4O5/c1-11(2)13-5-7-14(8-6-13)18-23-15(30-24-18)9-28-21(27)16-12(3)29-19-17(16)20(26)25(4)10-22-19/h5-8,10-11H,9H2,1-4H3. The van der Waals surface area contributed by atoms with Gasteiger partial charge in [-0.15, -0.1) is 0 Å². The van der Waals surface area contributed by atoms with Crippen molar-refractivity contribution in [3.63, 3.8) is 0 Å². The lowest BCUT2D eigenvalue weighted by molar-refractivity contribution is 0.0429. The maximum atomic E-state index is 12.6. The van der Waals surface area contributed by atoms with Crippen LogP contribution < -0.4 is 5.56 Å². The van der Waals surface area contributed by atoms with E-state index in [9.17, 15) is 9.59 Å². The Kier molecular flexibility index (Phi) is 4.94. The van der Waals surface area contributed by atoms with Crippen molar-refractivity contribution in [2.24, 2.45) is 7.05 Å². The van der Waals surface area contributed by atoms with E-state index in [1.807, 2.05) is 24.3 Å². The highest BCUT2D eigenvalue weighted by atomic mass is 16.6. The molecule has 0 spiro atoms. The van der Waals surface area contributed by atoms with Crippen molar-refractivity contribution in [1.82, 2.24) is 19.7 Å². The minimum atomic E-state index is -0.725. The molecule has 3 heterocycles. The number of nitrogens with zero attached hydrogens (tertiary/aromatic N) is 4. The predicted octanol–water partition coefficient (Wildman–Crippen LogP) is 3.37. The van der Waals surface area contributed by atoms with E-state index in [1.54, 1.807) is 14.0 Å². The lowest BCUT2D eigenvalue weighted by atomic mass is 10.0. The average Bonchev–Trinajstić information content (AvgIpc) is 3.33. The lowest BCUT2D eigenvalue weighted by Gasteiger charge is -2.04. The Morgan fingerprint density at radius 2 is 1.97 bits per heavy atom. The van der Waals surface area contributed by atoms with Crippen LogP contribution in [-0.4, -0.2) is 25.7 Å². The Morgan fingerprint density at radius 3 is 2.67 bits per heavy atom. The highest BCUT2D eigenvalue weighted by Gasteiger charge is 2.24. The summed E-state index contributed by atoms with van der Waals surface area (Å²) in [6.07, 6.45) is 1.33. The van der Waals surface area contributed by atoms with Gasteiger partial charge in [0.05, 0.1) is 0 Å². The van der Waals surface area contributed by atoms with Crippen molar-refractivity contribution in [2.75, 3.05) is 0 Å². The Hall–Kier alpha value is -3.75. The summed E-state index contributed by atoms with van der Waals surface area (Å²) in [4.78, 5) is 33.3. The zero-order valence-electron chi connectivity index (χ0n) is 17.0. The topological polar surface area (TPSA) is 113 Å². The first-order chi connectivity index (χ1) is 14.3. The summed E-state index contributed by atoms with van der Waals surface area (Å²) in [5, 5.41) is 4.02. The van der Waals surface area contributed by atoms with Crippen molar-refractivity contribution in [3.8, 4) is 11.4 Å². The number of carbonyl (C=O) groups is 1. The number of benzene rings is 1. The second-order valence-electron chi connectivity index (χ2n) is 7.24. The number of esters is 1. The third kappa shape index (κ3) is 3.49. The lowest BCUT2D eigenvalue weighted by Crippen LogP contribution is -2.19. The summed E-state index contributed by atoms with van der Waals surface area (Å²) in [6, 6.07) is 7.86. The van der Waals surface area contributed by atoms with Crippen LogP contribution in [0.1, 0.15) is 47.3 Å². The minimum absolute atomic E-state index is 0.0442. The fraction of sp³-hybridized carbons (Fsp3) is 0.286. The molecule has 0 aliphatic heterocycles. The van der Waals surface area contributed by atoms with Gasteiger partial charge in [0.1, 0.15) is 23.0 Å². The molecule has 0 saturated carbocycles. The minimum Gasteiger partial charge on any atom is -0.452 e. The maximum absolute atomic E-state index is 12.6. The van der Waals surface area contributed by atoms with Crippen LogP contribution in [0.3, 0.4) is 0 Å². The van der Waals surface area contributed by atoms with Gasteiger partial charge in [-0.3, -0.25) is 4.79 Å². The molecule has 30 heavy (non-hydrogen) atoms. The van der Waals surface area contributed by atoms with Crippen LogP contribution >= 0.6 is 0 Å². The maximum Gasteiger partial charge on any atom is 0.343 e. The van der Waals surface area contributed by atoms with Crippen LogP contribution in [-0.2, 0) is 18.4 Å². The zero-order valence-corrected chi connectivity index (χ0v) is 17.0. The molecule has 0 N–H and O–H groups in total. The quantitative estimate of drug-likeness (QED) is 0.462. The Balaban J connectivity index is 1.52. The number of aromatic nitrogens is 4. The van der Waals surface area contributed by atoms with Gasteiger partial charge in [0.25, 0.3) is 11.4 Å². The van der Waals surface area contributed by atoms with Crippen molar-refractivity contribution in [1.29, 1.82) is 0 Å². The molecule has 4 aromatic rings. The number of rotatable bonds is 5. The molecule has 0 saturated heterocycles. The van der Waals surface area contributed by atoms with E-state index in [4.69, 9.17) is 13.7 Å². The Bertz CT molecular complexity index is 1280. The van der Waals surface area contributed by atoms with Gasteiger partial charge in [-0.05, 0) is 18.4 Å². The first-order valence-electron chi connectivity index (χ1n) is 9.40. The summed E-state index contributed by atoms with van der Waals surface area (Å²) >= 11 is 0. The van der Waals surface area contributed by atoms with Gasteiger partial charge in [-0.25, -0.2) is 9.78 Å². The number of carbonyl (C=O) groups excluding carboxylic acids is 1. The molecule has 9 heteroatoms. The van der Waals surface area contributed by atoms with Crippen LogP contribution in [0.4, 0.5) is 0 Å². The first-order valence-corrected chi connectivity index (χ1v) is 9.40. The second-order valence-corrected chi connectivity index (χ2v) is 7.24. The van der Waals surface area contributed by atoms with E-state index in [0.717, 1.165) is 5.56 Å². The largest absolute Gasteiger partial charge is 0.452 e. The van der Waals surface area contributed by atoms with Crippen molar-refractivity contribution in [2.45, 2.75) is 33.3 Å². The molecular weight excluding hydrogens is 388 g/mol. The van der Waals surface area contributed by atoms with E-state index in [0.29, 0.717) is 11.7 Å². The zero-order chi connectivity index (χ0) is 21.4. The number of ether oxygens (including phenoxy) is 1. The van der Waals surface area contributed by atoms with Gasteiger partial charge in [-0.1, -0.05) is 43.3 Å². The third-order valence-electron chi connectivity index (χ3n) is 4.78. The van der Waals surface area contributed by atoms with Gasteiger partial charge in [0, 0.05) is 12.6 Å². The van der Waals surface area contributed by atoms with Crippen LogP contribution in [0.15, 0.2) is 44.3 Å². The number of hydrogen-bond donors (Lipinski definition) is 0. The monoisotopic (exact) mass is 408 g/mol. The van der Waals surface area contributed by atoms with E-state index in [2.05, 4.69) is 29.0 Å². The summed E-state index contributed by atoms with van der Waals surface area (Å²) in [7, 11) is 1.54. The second kappa shape index (κ2) is 7.58. The normalized spacial score (nSPS) is 11.4. The molecule has 0 radical (unpaired) electrons. The highest BCUT2D eigenvalue weighted by molar-refractivity contribution is 6.03. The molecule has 0 bridgehead atoms. The Labute approximate surface area is 171 Å². The number of hydrogen-bond acceptors (Lipinski definition) is 8. The third-order valence-corrected chi connectivity index (χ3v) is 4.78. The molecule has 0 aliphatic rings. The number of aryl methyl sites for hydroxylation is 2. The van der Waals surface area contributed by atoms with E-state index in [-0.39, 0.29) is 34.9 Å². The van der Waals surface area contributed by atoms with Crippen LogP contribution in [0, 0.1) is 6.92 Å². The van der Waals surface area contributed by atoms with Gasteiger partial charge in [0.2, 0.25) is 11.5 Å². The van der Waals surface area contributed by atoms with Crippen LogP contribution in [0.25, 0.3) is 22.5 Å². The van der Waals surface area contributed by atoms with E-state index < -0.39 is 11.5 Å². The molecule has 0 aliphatic carbocycles. The highest BCUT2D eigenvalue weighted by Crippen LogP contribution is 2.23. The van der Waals surface area contributed by atoms with Crippen LogP contribution in [0.5, 0.6) is 0 Å². The molecule has 0 atom stereocenters. The SMILES string of the molecule is Cc1oc2ncn(C)c(=O)c2c1C(=O)OCc1nc(-c2ccc(C(C)C)cc2)no1. The van der Waals surface area contributed by atoms with Gasteiger partial charge in [0.15, 0.2) is 6.61 Å². The molecule has 154 valence electrons. The average molecular weight is 408 g/mol. The molecule has 9 nitrogen and oxygen atoms in total. The summed E-state index contributed by atoms with van der Waals surface area (Å²) in [5.41, 5.74) is 1.75. The molecule has 0 fully saturated rings. The summed E-state index contributed by atoms with van der Waals surface area (Å²) in [6.45, 7) is 5.57. The van der Waals surface area contributed by atoms with Gasteiger partial charge < -0.3 is 18.2 Å². The van der Waals surface area contributed by atoms with E-state index in [1.165, 1.54) is 16.5 Å². The predicted molar refractivity (Wildman–Crippen MR) is 107 cm³/mol. The number of furan rings is 1. The van der Waals surface area contributed by atoms with Crippen molar-refractivity contribution >= 4 is 17.1 Å². The van der Waals surface area contributed by atoms with E-state index >= 15 is 0 Å². The fourth-order valence-electron chi connectivity index (χ4n) is 3.08. The van der Waals surface area contributed by atoms with Crippen molar-refractivity contribution in [3.05, 3.63) is 63.7 Å². The van der Waals surface area contributed by atoms with Crippen LogP contribution in [0.2, 0.25) is 0 Å². The molecule has 0 unspecified atom stereocenters. The van der Waals surface area contributed by atoms with Crippen molar-refractivity contribution < 1.29 is 18.5 Å². The fourth-order valence-corrected chi connectivity index (χ4v) is 3.08. The summed E-state index contributed by atoms with van der Waals surface area (Å²) in [5.74, 6) is 0.496. The molecule has 3 aromatic heterocycles. The molecule has 0 amide bonds. The number of fused-ring (bicyclic) bond motifs is 1. The summed E-state index contributed by atoms with van der Waals surface area (Å²) < 4.78 is 17.2. The Morgan fingerprint density at radius 1 is 1.23 bits per heavy atom. The van der Waals surface area contributed by atoms with Gasteiger partial charge in [-0.2, -0.15) is 4.98 Å². The molecule has 4 rings (SSSR count). The molecule has 1 aromatic carbocycles.